The van der Waals surface area contributed by atoms with Gasteiger partial charge in [-0.2, -0.15) is 18.4 Å². The second kappa shape index (κ2) is 7.77. The van der Waals surface area contributed by atoms with Crippen molar-refractivity contribution in [3.63, 3.8) is 0 Å². The molecule has 1 aromatic heterocycles. The summed E-state index contributed by atoms with van der Waals surface area (Å²) in [5.74, 6) is -0.580. The van der Waals surface area contributed by atoms with Gasteiger partial charge in [0, 0.05) is 13.3 Å². The van der Waals surface area contributed by atoms with Gasteiger partial charge < -0.3 is 10.1 Å². The van der Waals surface area contributed by atoms with E-state index in [1.165, 1.54) is 37.6 Å². The highest BCUT2D eigenvalue weighted by atomic mass is 19.4. The first kappa shape index (κ1) is 18.4. The van der Waals surface area contributed by atoms with Crippen LogP contribution >= 0.6 is 0 Å². The van der Waals surface area contributed by atoms with Gasteiger partial charge in [0.25, 0.3) is 5.91 Å². The lowest BCUT2D eigenvalue weighted by atomic mass is 10.0. The van der Waals surface area contributed by atoms with Crippen LogP contribution < -0.4 is 5.32 Å². The van der Waals surface area contributed by atoms with Crippen LogP contribution in [0.5, 0.6) is 0 Å². The Kier molecular flexibility index (Phi) is 5.72. The summed E-state index contributed by atoms with van der Waals surface area (Å²) in [5, 5.41) is 11.3. The number of hydrogen-bond acceptors (Lipinski definition) is 4. The van der Waals surface area contributed by atoms with Crippen molar-refractivity contribution in [3.8, 4) is 6.07 Å². The van der Waals surface area contributed by atoms with E-state index in [9.17, 15) is 18.0 Å². The van der Waals surface area contributed by atoms with Crippen molar-refractivity contribution in [2.24, 2.45) is 0 Å². The predicted molar refractivity (Wildman–Crippen MR) is 82.5 cm³/mol. The number of alkyl halides is 3. The molecule has 8 heteroatoms. The molecule has 0 saturated heterocycles. The Hall–Kier alpha value is -2.92. The van der Waals surface area contributed by atoms with Crippen molar-refractivity contribution in [1.82, 2.24) is 10.3 Å². The second-order valence-electron chi connectivity index (χ2n) is 5.15. The first-order valence-corrected chi connectivity index (χ1v) is 7.18. The third-order valence-electron chi connectivity index (χ3n) is 3.38. The molecule has 0 unspecified atom stereocenters. The number of halogens is 3. The summed E-state index contributed by atoms with van der Waals surface area (Å²) < 4.78 is 43.6. The molecular weight excluding hydrogens is 335 g/mol. The fourth-order valence-electron chi connectivity index (χ4n) is 2.15. The van der Waals surface area contributed by atoms with Crippen molar-refractivity contribution in [2.45, 2.75) is 12.2 Å². The van der Waals surface area contributed by atoms with E-state index in [4.69, 9.17) is 10.00 Å². The summed E-state index contributed by atoms with van der Waals surface area (Å²) in [4.78, 5) is 16.1. The molecule has 0 aliphatic heterocycles. The maximum atomic E-state index is 12.9. The van der Waals surface area contributed by atoms with Gasteiger partial charge in [-0.05, 0) is 29.8 Å². The Bertz CT molecular complexity index is 783. The minimum Gasteiger partial charge on any atom is -0.382 e. The summed E-state index contributed by atoms with van der Waals surface area (Å²) >= 11 is 0. The van der Waals surface area contributed by atoms with Crippen molar-refractivity contribution in [1.29, 1.82) is 5.26 Å². The lowest BCUT2D eigenvalue weighted by Crippen LogP contribution is -2.32. The molecule has 0 bridgehead atoms. The van der Waals surface area contributed by atoms with E-state index in [0.717, 1.165) is 12.1 Å². The fraction of sp³-hybridized carbons (Fsp3) is 0.235. The zero-order chi connectivity index (χ0) is 18.4. The summed E-state index contributed by atoms with van der Waals surface area (Å²) in [5.41, 5.74) is -0.203. The van der Waals surface area contributed by atoms with Crippen LogP contribution in [0.15, 0.2) is 42.6 Å². The van der Waals surface area contributed by atoms with Crippen molar-refractivity contribution in [3.05, 3.63) is 65.0 Å². The highest BCUT2D eigenvalue weighted by Crippen LogP contribution is 2.30. The molecule has 5 nitrogen and oxygen atoms in total. The summed E-state index contributed by atoms with van der Waals surface area (Å²) in [6.07, 6.45) is -3.24. The number of pyridine rings is 1. The smallest absolute Gasteiger partial charge is 0.382 e. The number of rotatable bonds is 5. The monoisotopic (exact) mass is 349 g/mol. The van der Waals surface area contributed by atoms with Gasteiger partial charge >= 0.3 is 6.18 Å². The van der Waals surface area contributed by atoms with Crippen LogP contribution in [0.3, 0.4) is 0 Å². The molecule has 25 heavy (non-hydrogen) atoms. The SMILES string of the molecule is COC[C@@H](NC(=O)c1ccc(C#N)cn1)c1cccc(C(F)(F)F)c1. The zero-order valence-electron chi connectivity index (χ0n) is 13.2. The lowest BCUT2D eigenvalue weighted by molar-refractivity contribution is -0.137. The number of amides is 1. The minimum atomic E-state index is -4.48. The number of carbonyl (C=O) groups excluding carboxylic acids is 1. The molecular formula is C17H14F3N3O2. The molecule has 0 saturated carbocycles. The first-order valence-electron chi connectivity index (χ1n) is 7.18. The third kappa shape index (κ3) is 4.78. The Morgan fingerprint density at radius 1 is 1.36 bits per heavy atom. The van der Waals surface area contributed by atoms with Gasteiger partial charge in [-0.3, -0.25) is 4.79 Å². The molecule has 1 heterocycles. The predicted octanol–water partition coefficient (Wildman–Crippen LogP) is 3.09. The number of nitrogens with zero attached hydrogens (tertiary/aromatic N) is 2. The fourth-order valence-corrected chi connectivity index (χ4v) is 2.15. The van der Waals surface area contributed by atoms with Crippen LogP contribution in [0, 0.1) is 11.3 Å². The molecule has 1 amide bonds. The number of methoxy groups -OCH3 is 1. The molecule has 2 aromatic rings. The summed E-state index contributed by atoms with van der Waals surface area (Å²) in [6.45, 7) is -0.0106. The van der Waals surface area contributed by atoms with E-state index in [1.807, 2.05) is 6.07 Å². The molecule has 0 aliphatic rings. The van der Waals surface area contributed by atoms with Gasteiger partial charge in [0.15, 0.2) is 0 Å². The average Bonchev–Trinajstić information content (AvgIpc) is 2.60. The minimum absolute atomic E-state index is 0.0106. The average molecular weight is 349 g/mol. The van der Waals surface area contributed by atoms with Gasteiger partial charge in [0.05, 0.1) is 23.8 Å². The van der Waals surface area contributed by atoms with Crippen LogP contribution in [-0.2, 0) is 10.9 Å². The Balaban J connectivity index is 2.23. The van der Waals surface area contributed by atoms with Gasteiger partial charge in [0.1, 0.15) is 11.8 Å². The molecule has 0 spiro atoms. The van der Waals surface area contributed by atoms with Crippen LogP contribution in [0.25, 0.3) is 0 Å². The van der Waals surface area contributed by atoms with E-state index in [0.29, 0.717) is 5.56 Å². The molecule has 1 atom stereocenters. The van der Waals surface area contributed by atoms with Crippen LogP contribution in [0.2, 0.25) is 0 Å². The van der Waals surface area contributed by atoms with Gasteiger partial charge in [0.2, 0.25) is 0 Å². The Labute approximate surface area is 142 Å². The quantitative estimate of drug-likeness (QED) is 0.900. The van der Waals surface area contributed by atoms with E-state index >= 15 is 0 Å². The molecule has 0 radical (unpaired) electrons. The molecule has 1 N–H and O–H groups in total. The number of ether oxygens (including phenoxy) is 1. The Morgan fingerprint density at radius 3 is 2.68 bits per heavy atom. The number of benzene rings is 1. The number of nitriles is 1. The van der Waals surface area contributed by atoms with Crippen molar-refractivity contribution in [2.75, 3.05) is 13.7 Å². The van der Waals surface area contributed by atoms with Crippen LogP contribution in [0.1, 0.15) is 33.2 Å². The molecule has 2 rings (SSSR count). The number of nitrogens with one attached hydrogen (secondary N) is 1. The van der Waals surface area contributed by atoms with Gasteiger partial charge in [-0.15, -0.1) is 0 Å². The topological polar surface area (TPSA) is 75.0 Å². The van der Waals surface area contributed by atoms with E-state index in [2.05, 4.69) is 10.3 Å². The molecule has 0 fully saturated rings. The number of hydrogen-bond donors (Lipinski definition) is 1. The van der Waals surface area contributed by atoms with Crippen LogP contribution in [0.4, 0.5) is 13.2 Å². The maximum absolute atomic E-state index is 12.9. The Morgan fingerprint density at radius 2 is 2.12 bits per heavy atom. The molecule has 130 valence electrons. The highest BCUT2D eigenvalue weighted by Gasteiger charge is 2.31. The molecule has 0 aliphatic carbocycles. The summed E-state index contributed by atoms with van der Waals surface area (Å²) in [7, 11) is 1.38. The maximum Gasteiger partial charge on any atom is 0.416 e. The van der Waals surface area contributed by atoms with Gasteiger partial charge in [-0.1, -0.05) is 12.1 Å². The standard InChI is InChI=1S/C17H14F3N3O2/c1-25-10-15(12-3-2-4-13(7-12)17(18,19)20)23-16(24)14-6-5-11(8-21)9-22-14/h2-7,9,15H,10H2,1H3,(H,23,24)/t15-/m1/s1. The largest absolute Gasteiger partial charge is 0.416 e. The number of aromatic nitrogens is 1. The van der Waals surface area contributed by atoms with E-state index in [1.54, 1.807) is 0 Å². The number of carbonyl (C=O) groups is 1. The van der Waals surface area contributed by atoms with E-state index < -0.39 is 23.7 Å². The highest BCUT2D eigenvalue weighted by molar-refractivity contribution is 5.92. The lowest BCUT2D eigenvalue weighted by Gasteiger charge is -2.19. The van der Waals surface area contributed by atoms with Gasteiger partial charge in [-0.25, -0.2) is 4.98 Å². The van der Waals surface area contributed by atoms with E-state index in [-0.39, 0.29) is 17.9 Å². The second-order valence-corrected chi connectivity index (χ2v) is 5.15. The zero-order valence-corrected chi connectivity index (χ0v) is 13.2. The normalized spacial score (nSPS) is 12.3. The summed E-state index contributed by atoms with van der Waals surface area (Å²) in [6, 6.07) is 8.56. The molecule has 1 aromatic carbocycles. The third-order valence-corrected chi connectivity index (χ3v) is 3.38. The van der Waals surface area contributed by atoms with Crippen molar-refractivity contribution < 1.29 is 22.7 Å². The van der Waals surface area contributed by atoms with Crippen LogP contribution in [-0.4, -0.2) is 24.6 Å². The first-order chi connectivity index (χ1) is 11.8. The van der Waals surface area contributed by atoms with Crippen molar-refractivity contribution >= 4 is 5.91 Å².